The second kappa shape index (κ2) is 6.47. The molecule has 0 aliphatic carbocycles. The monoisotopic (exact) mass is 290 g/mol. The van der Waals surface area contributed by atoms with E-state index in [1.165, 1.54) is 0 Å². The van der Waals surface area contributed by atoms with Gasteiger partial charge in [0.15, 0.2) is 0 Å². The van der Waals surface area contributed by atoms with E-state index in [1.807, 2.05) is 0 Å². The highest BCUT2D eigenvalue weighted by Crippen LogP contribution is 2.29. The van der Waals surface area contributed by atoms with Gasteiger partial charge in [-0.3, -0.25) is 0 Å². The van der Waals surface area contributed by atoms with E-state index in [4.69, 9.17) is 28.3 Å². The molecule has 1 unspecified atom stereocenters. The highest BCUT2D eigenvalue weighted by atomic mass is 35.5. The van der Waals surface area contributed by atoms with Crippen LogP contribution in [0.5, 0.6) is 0 Å². The maximum Gasteiger partial charge on any atom is 0.326 e. The molecule has 5 nitrogen and oxygen atoms in total. The van der Waals surface area contributed by atoms with Crippen molar-refractivity contribution >= 4 is 40.9 Å². The molecule has 1 aromatic rings. The Labute approximate surface area is 114 Å². The number of anilines is 1. The van der Waals surface area contributed by atoms with E-state index in [0.717, 1.165) is 0 Å². The molecule has 0 spiro atoms. The van der Waals surface area contributed by atoms with Crippen molar-refractivity contribution in [2.24, 2.45) is 0 Å². The minimum absolute atomic E-state index is 0.249. The highest BCUT2D eigenvalue weighted by Gasteiger charge is 2.18. The maximum absolute atomic E-state index is 11.6. The lowest BCUT2D eigenvalue weighted by Gasteiger charge is -2.14. The van der Waals surface area contributed by atoms with Gasteiger partial charge in [0, 0.05) is 0 Å². The van der Waals surface area contributed by atoms with E-state index >= 15 is 0 Å². The summed E-state index contributed by atoms with van der Waals surface area (Å²) in [6.45, 7) is 1.65. The minimum Gasteiger partial charge on any atom is -0.480 e. The Kier molecular flexibility index (Phi) is 5.25. The van der Waals surface area contributed by atoms with Gasteiger partial charge in [-0.2, -0.15) is 0 Å². The average molecular weight is 291 g/mol. The van der Waals surface area contributed by atoms with Crippen LogP contribution in [-0.4, -0.2) is 23.1 Å². The third-order valence-corrected chi connectivity index (χ3v) is 2.84. The van der Waals surface area contributed by atoms with Gasteiger partial charge < -0.3 is 15.7 Å². The van der Waals surface area contributed by atoms with Gasteiger partial charge in [0.2, 0.25) is 0 Å². The molecule has 7 heteroatoms. The predicted octanol–water partition coefficient (Wildman–Crippen LogP) is 2.98. The molecule has 0 bridgehead atoms. The highest BCUT2D eigenvalue weighted by molar-refractivity contribution is 6.39. The van der Waals surface area contributed by atoms with Crippen LogP contribution in [0.25, 0.3) is 0 Å². The summed E-state index contributed by atoms with van der Waals surface area (Å²) >= 11 is 11.7. The third-order valence-electron chi connectivity index (χ3n) is 2.21. The zero-order valence-corrected chi connectivity index (χ0v) is 11.0. The number of carbonyl (C=O) groups excluding carboxylic acids is 1. The van der Waals surface area contributed by atoms with Gasteiger partial charge in [-0.15, -0.1) is 0 Å². The van der Waals surface area contributed by atoms with Crippen molar-refractivity contribution in [3.63, 3.8) is 0 Å². The number of aliphatic carboxylic acids is 1. The lowest BCUT2D eigenvalue weighted by Crippen LogP contribution is -2.42. The molecule has 0 aliphatic heterocycles. The summed E-state index contributed by atoms with van der Waals surface area (Å²) in [4.78, 5) is 22.3. The summed E-state index contributed by atoms with van der Waals surface area (Å²) in [7, 11) is 0. The van der Waals surface area contributed by atoms with E-state index in [2.05, 4.69) is 10.6 Å². The van der Waals surface area contributed by atoms with Crippen LogP contribution in [-0.2, 0) is 4.79 Å². The number of amides is 2. The Morgan fingerprint density at radius 1 is 1.33 bits per heavy atom. The fraction of sp³-hybridized carbons (Fsp3) is 0.273. The van der Waals surface area contributed by atoms with Crippen molar-refractivity contribution in [3.05, 3.63) is 28.2 Å². The Morgan fingerprint density at radius 2 is 1.89 bits per heavy atom. The van der Waals surface area contributed by atoms with Crippen LogP contribution in [0.1, 0.15) is 13.3 Å². The third kappa shape index (κ3) is 3.78. The van der Waals surface area contributed by atoms with Crippen LogP contribution in [0.3, 0.4) is 0 Å². The smallest absolute Gasteiger partial charge is 0.326 e. The molecule has 0 aliphatic rings. The summed E-state index contributed by atoms with van der Waals surface area (Å²) in [6.07, 6.45) is 0.277. The van der Waals surface area contributed by atoms with Crippen molar-refractivity contribution in [3.8, 4) is 0 Å². The van der Waals surface area contributed by atoms with Gasteiger partial charge in [-0.1, -0.05) is 36.2 Å². The number of hydrogen-bond donors (Lipinski definition) is 3. The van der Waals surface area contributed by atoms with Crippen molar-refractivity contribution < 1.29 is 14.7 Å². The first-order valence-corrected chi connectivity index (χ1v) is 5.95. The van der Waals surface area contributed by atoms with Gasteiger partial charge >= 0.3 is 12.0 Å². The zero-order chi connectivity index (χ0) is 13.7. The molecule has 98 valence electrons. The molecule has 0 aromatic heterocycles. The molecule has 18 heavy (non-hydrogen) atoms. The quantitative estimate of drug-likeness (QED) is 0.798. The number of halogens is 2. The number of nitrogens with one attached hydrogen (secondary N) is 2. The average Bonchev–Trinajstić information content (AvgIpc) is 2.30. The first kappa shape index (κ1) is 14.6. The van der Waals surface area contributed by atoms with Crippen molar-refractivity contribution in [1.82, 2.24) is 5.32 Å². The van der Waals surface area contributed by atoms with E-state index in [-0.39, 0.29) is 22.2 Å². The summed E-state index contributed by atoms with van der Waals surface area (Å²) < 4.78 is 0. The zero-order valence-electron chi connectivity index (χ0n) is 9.54. The van der Waals surface area contributed by atoms with Gasteiger partial charge in [-0.05, 0) is 18.6 Å². The second-order valence-corrected chi connectivity index (χ2v) is 4.31. The number of urea groups is 1. The van der Waals surface area contributed by atoms with Crippen LogP contribution in [0.2, 0.25) is 10.0 Å². The van der Waals surface area contributed by atoms with Crippen LogP contribution in [0.15, 0.2) is 18.2 Å². The van der Waals surface area contributed by atoms with Crippen LogP contribution < -0.4 is 10.6 Å². The first-order valence-electron chi connectivity index (χ1n) is 5.20. The number of carboxylic acids is 1. The van der Waals surface area contributed by atoms with E-state index in [9.17, 15) is 9.59 Å². The van der Waals surface area contributed by atoms with Gasteiger partial charge in [0.25, 0.3) is 0 Å². The Hall–Kier alpha value is -1.46. The van der Waals surface area contributed by atoms with Crippen LogP contribution >= 0.6 is 23.2 Å². The van der Waals surface area contributed by atoms with E-state index in [1.54, 1.807) is 25.1 Å². The number of hydrogen-bond acceptors (Lipinski definition) is 2. The first-order chi connectivity index (χ1) is 8.45. The SMILES string of the molecule is CCC(NC(=O)Nc1c(Cl)cccc1Cl)C(=O)O. The van der Waals surface area contributed by atoms with Gasteiger partial charge in [-0.25, -0.2) is 9.59 Å². The molecule has 2 amide bonds. The molecule has 1 aromatic carbocycles. The van der Waals surface area contributed by atoms with Gasteiger partial charge in [0.1, 0.15) is 6.04 Å². The van der Waals surface area contributed by atoms with Crippen molar-refractivity contribution in [2.45, 2.75) is 19.4 Å². The Morgan fingerprint density at radius 3 is 2.33 bits per heavy atom. The lowest BCUT2D eigenvalue weighted by atomic mass is 10.2. The molecular formula is C11H12Cl2N2O3. The summed E-state index contributed by atoms with van der Waals surface area (Å²) in [5.74, 6) is -1.10. The Balaban J connectivity index is 2.73. The molecule has 0 fully saturated rings. The topological polar surface area (TPSA) is 78.4 Å². The fourth-order valence-corrected chi connectivity index (χ4v) is 1.76. The predicted molar refractivity (Wildman–Crippen MR) is 70.3 cm³/mol. The standard InChI is InChI=1S/C11H12Cl2N2O3/c1-2-8(10(16)17)14-11(18)15-9-6(12)4-3-5-7(9)13/h3-5,8H,2H2,1H3,(H,16,17)(H2,14,15,18). The fourth-order valence-electron chi connectivity index (χ4n) is 1.26. The largest absolute Gasteiger partial charge is 0.480 e. The van der Waals surface area contributed by atoms with Crippen molar-refractivity contribution in [2.75, 3.05) is 5.32 Å². The molecule has 3 N–H and O–H groups in total. The maximum atomic E-state index is 11.6. The minimum atomic E-state index is -1.10. The lowest BCUT2D eigenvalue weighted by molar-refractivity contribution is -0.139. The molecule has 0 radical (unpaired) electrons. The second-order valence-electron chi connectivity index (χ2n) is 3.49. The number of benzene rings is 1. The van der Waals surface area contributed by atoms with Crippen LogP contribution in [0.4, 0.5) is 10.5 Å². The van der Waals surface area contributed by atoms with E-state index < -0.39 is 18.0 Å². The summed E-state index contributed by atoms with van der Waals surface area (Å²) in [5.41, 5.74) is 0.249. The van der Waals surface area contributed by atoms with Gasteiger partial charge in [0.05, 0.1) is 15.7 Å². The number of carboxylic acid groups (broad SMARTS) is 1. The molecule has 0 saturated carbocycles. The summed E-state index contributed by atoms with van der Waals surface area (Å²) in [5, 5.41) is 14.1. The van der Waals surface area contributed by atoms with Crippen LogP contribution in [0, 0.1) is 0 Å². The number of para-hydroxylation sites is 1. The molecule has 1 rings (SSSR count). The summed E-state index contributed by atoms with van der Waals surface area (Å²) in [6, 6.07) is 3.15. The normalized spacial score (nSPS) is 11.7. The van der Waals surface area contributed by atoms with Crippen molar-refractivity contribution in [1.29, 1.82) is 0 Å². The Bertz CT molecular complexity index is 445. The molecular weight excluding hydrogens is 279 g/mol. The molecule has 0 heterocycles. The molecule has 1 atom stereocenters. The number of carbonyl (C=O) groups is 2. The molecule has 0 saturated heterocycles. The number of rotatable bonds is 4. The van der Waals surface area contributed by atoms with E-state index in [0.29, 0.717) is 0 Å².